The summed E-state index contributed by atoms with van der Waals surface area (Å²) in [5.74, 6) is -0.337. The predicted molar refractivity (Wildman–Crippen MR) is 150 cm³/mol. The van der Waals surface area contributed by atoms with E-state index in [1.807, 2.05) is 34.9 Å². The maximum atomic E-state index is 13.8. The molecular formula is C30H30ClF2N5O2. The minimum Gasteiger partial charge on any atom is -0.349 e. The van der Waals surface area contributed by atoms with Gasteiger partial charge in [-0.05, 0) is 86.0 Å². The van der Waals surface area contributed by atoms with Crippen molar-refractivity contribution < 1.29 is 13.6 Å². The van der Waals surface area contributed by atoms with Crippen LogP contribution in [0.15, 0.2) is 59.5 Å². The Bertz CT molecular complexity index is 1620. The van der Waals surface area contributed by atoms with Crippen molar-refractivity contribution in [2.75, 3.05) is 6.54 Å². The van der Waals surface area contributed by atoms with Gasteiger partial charge in [0.1, 0.15) is 5.69 Å². The Morgan fingerprint density at radius 1 is 1.07 bits per heavy atom. The first kappa shape index (κ1) is 26.7. The smallest absolute Gasteiger partial charge is 0.333 e. The lowest BCUT2D eigenvalue weighted by atomic mass is 9.85. The average Bonchev–Trinajstić information content (AvgIpc) is 3.24. The number of carbonyl (C=O) groups excluding carboxylic acids is 1. The molecule has 0 saturated heterocycles. The summed E-state index contributed by atoms with van der Waals surface area (Å²) in [5, 5.41) is 6.42. The maximum Gasteiger partial charge on any atom is 0.333 e. The number of hydrogen-bond donors (Lipinski definition) is 2. The number of alkyl halides is 2. The molecule has 0 spiro atoms. The van der Waals surface area contributed by atoms with E-state index in [9.17, 15) is 18.4 Å². The van der Waals surface area contributed by atoms with Gasteiger partial charge in [-0.15, -0.1) is 0 Å². The van der Waals surface area contributed by atoms with E-state index < -0.39 is 18.0 Å². The van der Waals surface area contributed by atoms with Gasteiger partial charge in [0.05, 0.1) is 27.3 Å². The molecule has 3 heterocycles. The average molecular weight is 566 g/mol. The number of nitrogens with zero attached hydrogens (tertiary/aromatic N) is 3. The Balaban J connectivity index is 1.18. The first-order chi connectivity index (χ1) is 19.4. The van der Waals surface area contributed by atoms with E-state index in [1.54, 1.807) is 4.57 Å². The number of imidazole rings is 1. The van der Waals surface area contributed by atoms with E-state index in [0.29, 0.717) is 19.4 Å². The molecule has 4 aromatic rings. The Kier molecular flexibility index (Phi) is 7.42. The molecule has 40 heavy (non-hydrogen) atoms. The zero-order valence-corrected chi connectivity index (χ0v) is 22.6. The SMILES string of the molecule is O=C(N[C@H]1CC[C@H](Cn2c(=O)n(-c3ccc4c(c3)CNCC4)c3ccccc32)CC1)c1cc(Cl)cnc1C(F)F. The Labute approximate surface area is 235 Å². The molecule has 2 aromatic heterocycles. The highest BCUT2D eigenvalue weighted by molar-refractivity contribution is 6.30. The van der Waals surface area contributed by atoms with E-state index in [1.165, 1.54) is 17.2 Å². The lowest BCUT2D eigenvalue weighted by Crippen LogP contribution is -2.39. The van der Waals surface area contributed by atoms with Gasteiger partial charge in [-0.3, -0.25) is 18.9 Å². The van der Waals surface area contributed by atoms with E-state index in [4.69, 9.17) is 11.6 Å². The topological polar surface area (TPSA) is 81.0 Å². The van der Waals surface area contributed by atoms with E-state index in [2.05, 4.69) is 27.8 Å². The number of pyridine rings is 1. The van der Waals surface area contributed by atoms with Crippen molar-refractivity contribution in [1.82, 2.24) is 24.8 Å². The fourth-order valence-corrected chi connectivity index (χ4v) is 6.21. The van der Waals surface area contributed by atoms with Crippen LogP contribution in [0.5, 0.6) is 0 Å². The van der Waals surface area contributed by atoms with Crippen LogP contribution in [0.4, 0.5) is 8.78 Å². The second-order valence-corrected chi connectivity index (χ2v) is 11.1. The van der Waals surface area contributed by atoms with Gasteiger partial charge in [0, 0.05) is 25.3 Å². The largest absolute Gasteiger partial charge is 0.349 e. The molecule has 1 amide bonds. The molecule has 1 aliphatic heterocycles. The zero-order valence-electron chi connectivity index (χ0n) is 21.9. The monoisotopic (exact) mass is 565 g/mol. The van der Waals surface area contributed by atoms with Crippen LogP contribution in [0.2, 0.25) is 5.02 Å². The molecule has 6 rings (SSSR count). The molecule has 1 aliphatic carbocycles. The number of para-hydroxylation sites is 2. The van der Waals surface area contributed by atoms with Crippen LogP contribution in [0.25, 0.3) is 16.7 Å². The number of nitrogens with one attached hydrogen (secondary N) is 2. The standard InChI is InChI=1S/C30H30ClF2N5O2/c31-21-14-24(27(28(32)33)35-16-21)29(39)36-22-8-5-18(6-9-22)17-37-25-3-1-2-4-26(25)38(30(37)40)23-10-7-19-11-12-34-15-20(19)13-23/h1-4,7,10,13-14,16,18,22,28,34H,5-6,8-9,11-12,15,17H2,(H,36,39)/t18-,22-. The summed E-state index contributed by atoms with van der Waals surface area (Å²) >= 11 is 5.91. The van der Waals surface area contributed by atoms with Crippen LogP contribution >= 0.6 is 11.6 Å². The molecule has 1 saturated carbocycles. The van der Waals surface area contributed by atoms with Gasteiger partial charge in [-0.1, -0.05) is 29.8 Å². The molecular weight excluding hydrogens is 536 g/mol. The summed E-state index contributed by atoms with van der Waals surface area (Å²) in [6.45, 7) is 2.34. The van der Waals surface area contributed by atoms with Gasteiger partial charge >= 0.3 is 5.69 Å². The third-order valence-electron chi connectivity index (χ3n) is 8.13. The summed E-state index contributed by atoms with van der Waals surface area (Å²) in [4.78, 5) is 30.2. The van der Waals surface area contributed by atoms with Gasteiger partial charge in [-0.2, -0.15) is 0 Å². The summed E-state index contributed by atoms with van der Waals surface area (Å²) in [6, 6.07) is 15.2. The van der Waals surface area contributed by atoms with Crippen LogP contribution in [0.3, 0.4) is 0 Å². The molecule has 208 valence electrons. The summed E-state index contributed by atoms with van der Waals surface area (Å²) in [7, 11) is 0. The van der Waals surface area contributed by atoms with E-state index >= 15 is 0 Å². The third kappa shape index (κ3) is 5.15. The minimum atomic E-state index is -2.87. The van der Waals surface area contributed by atoms with Crippen molar-refractivity contribution in [2.24, 2.45) is 5.92 Å². The predicted octanol–water partition coefficient (Wildman–Crippen LogP) is 5.41. The van der Waals surface area contributed by atoms with Crippen LogP contribution < -0.4 is 16.3 Å². The number of fused-ring (bicyclic) bond motifs is 2. The molecule has 1 fully saturated rings. The summed E-state index contributed by atoms with van der Waals surface area (Å²) in [6.07, 6.45) is 2.23. The minimum absolute atomic E-state index is 0.0617. The quantitative estimate of drug-likeness (QED) is 0.327. The second-order valence-electron chi connectivity index (χ2n) is 10.7. The highest BCUT2D eigenvalue weighted by Crippen LogP contribution is 2.29. The van der Waals surface area contributed by atoms with Gasteiger partial charge in [0.25, 0.3) is 12.3 Å². The van der Waals surface area contributed by atoms with Gasteiger partial charge in [0.15, 0.2) is 0 Å². The number of amides is 1. The van der Waals surface area contributed by atoms with Gasteiger partial charge in [-0.25, -0.2) is 13.6 Å². The molecule has 0 bridgehead atoms. The molecule has 10 heteroatoms. The third-order valence-corrected chi connectivity index (χ3v) is 8.34. The molecule has 2 aliphatic rings. The van der Waals surface area contributed by atoms with Crippen molar-refractivity contribution >= 4 is 28.5 Å². The van der Waals surface area contributed by atoms with E-state index in [-0.39, 0.29) is 28.2 Å². The molecule has 2 aromatic carbocycles. The maximum absolute atomic E-state index is 13.8. The van der Waals surface area contributed by atoms with Crippen molar-refractivity contribution in [3.8, 4) is 5.69 Å². The van der Waals surface area contributed by atoms with E-state index in [0.717, 1.165) is 55.3 Å². The Morgan fingerprint density at radius 2 is 1.85 bits per heavy atom. The van der Waals surface area contributed by atoms with Crippen LogP contribution in [-0.2, 0) is 19.5 Å². The molecule has 7 nitrogen and oxygen atoms in total. The first-order valence-corrected chi connectivity index (χ1v) is 14.0. The van der Waals surface area contributed by atoms with Crippen LogP contribution in [-0.4, -0.2) is 32.6 Å². The molecule has 0 atom stereocenters. The summed E-state index contributed by atoms with van der Waals surface area (Å²) < 4.78 is 30.4. The fourth-order valence-electron chi connectivity index (χ4n) is 6.06. The number of benzene rings is 2. The lowest BCUT2D eigenvalue weighted by molar-refractivity contribution is 0.0904. The number of carbonyl (C=O) groups is 1. The highest BCUT2D eigenvalue weighted by atomic mass is 35.5. The number of aromatic nitrogens is 3. The second kappa shape index (κ2) is 11.1. The van der Waals surface area contributed by atoms with Crippen molar-refractivity contribution in [1.29, 1.82) is 0 Å². The molecule has 2 N–H and O–H groups in total. The highest BCUT2D eigenvalue weighted by Gasteiger charge is 2.27. The number of hydrogen-bond acceptors (Lipinski definition) is 4. The Morgan fingerprint density at radius 3 is 2.62 bits per heavy atom. The molecule has 0 radical (unpaired) electrons. The molecule has 0 unspecified atom stereocenters. The van der Waals surface area contributed by atoms with Gasteiger partial charge in [0.2, 0.25) is 0 Å². The zero-order chi connectivity index (χ0) is 27.8. The van der Waals surface area contributed by atoms with Crippen molar-refractivity contribution in [2.45, 2.75) is 57.7 Å². The number of halogens is 3. The van der Waals surface area contributed by atoms with Crippen molar-refractivity contribution in [3.05, 3.63) is 92.6 Å². The summed E-state index contributed by atoms with van der Waals surface area (Å²) in [5.41, 5.74) is 4.36. The Hall–Kier alpha value is -3.56. The normalized spacial score (nSPS) is 19.1. The lowest BCUT2D eigenvalue weighted by Gasteiger charge is -2.29. The van der Waals surface area contributed by atoms with Crippen LogP contribution in [0.1, 0.15) is 59.3 Å². The first-order valence-electron chi connectivity index (χ1n) is 13.7. The van der Waals surface area contributed by atoms with Gasteiger partial charge < -0.3 is 10.6 Å². The van der Waals surface area contributed by atoms with Crippen molar-refractivity contribution in [3.63, 3.8) is 0 Å². The number of rotatable bonds is 6. The van der Waals surface area contributed by atoms with Crippen LogP contribution in [0, 0.1) is 5.92 Å². The fraction of sp³-hybridized carbons (Fsp3) is 0.367.